The SMILES string of the molecule is CC(C(=O)N(C)C(C)CN)c1cccnc1.Cl.Cl. The van der Waals surface area contributed by atoms with Crippen LogP contribution >= 0.6 is 24.8 Å². The molecule has 0 radical (unpaired) electrons. The highest BCUT2D eigenvalue weighted by atomic mass is 35.5. The van der Waals surface area contributed by atoms with Crippen LogP contribution < -0.4 is 5.73 Å². The number of nitrogens with zero attached hydrogens (tertiary/aromatic N) is 2. The molecule has 1 aromatic rings. The number of carbonyl (C=O) groups excluding carboxylic acids is 1. The Morgan fingerprint density at radius 3 is 2.50 bits per heavy atom. The van der Waals surface area contributed by atoms with Gasteiger partial charge in [-0.05, 0) is 25.5 Å². The molecule has 0 saturated carbocycles. The second-order valence-electron chi connectivity index (χ2n) is 4.04. The van der Waals surface area contributed by atoms with Crippen LogP contribution in [0.25, 0.3) is 0 Å². The Balaban J connectivity index is 0. The zero-order valence-corrected chi connectivity index (χ0v) is 12.5. The zero-order chi connectivity index (χ0) is 12.1. The monoisotopic (exact) mass is 293 g/mol. The molecule has 0 aliphatic heterocycles. The van der Waals surface area contributed by atoms with Gasteiger partial charge in [-0.1, -0.05) is 6.07 Å². The number of halogens is 2. The maximum absolute atomic E-state index is 12.1. The van der Waals surface area contributed by atoms with Gasteiger partial charge in [-0.3, -0.25) is 9.78 Å². The first kappa shape index (κ1) is 19.5. The summed E-state index contributed by atoms with van der Waals surface area (Å²) in [5, 5.41) is 0. The first-order chi connectivity index (χ1) is 7.57. The number of nitrogens with two attached hydrogens (primary N) is 1. The van der Waals surface area contributed by atoms with E-state index in [0.717, 1.165) is 5.56 Å². The van der Waals surface area contributed by atoms with E-state index < -0.39 is 0 Å². The van der Waals surface area contributed by atoms with E-state index >= 15 is 0 Å². The number of amides is 1. The Morgan fingerprint density at radius 2 is 2.06 bits per heavy atom. The summed E-state index contributed by atoms with van der Waals surface area (Å²) in [4.78, 5) is 17.8. The average molecular weight is 294 g/mol. The van der Waals surface area contributed by atoms with Crippen molar-refractivity contribution in [3.8, 4) is 0 Å². The smallest absolute Gasteiger partial charge is 0.229 e. The molecule has 0 aliphatic carbocycles. The van der Waals surface area contributed by atoms with Crippen molar-refractivity contribution in [2.45, 2.75) is 25.8 Å². The van der Waals surface area contributed by atoms with Gasteiger partial charge in [0.15, 0.2) is 0 Å². The van der Waals surface area contributed by atoms with Crippen molar-refractivity contribution < 1.29 is 4.79 Å². The molecule has 104 valence electrons. The number of likely N-dealkylation sites (N-methyl/N-ethyl adjacent to an activating group) is 1. The standard InChI is InChI=1S/C12H19N3O.2ClH/c1-9(7-13)15(3)12(16)10(2)11-5-4-6-14-8-11;;/h4-6,8-10H,7,13H2,1-3H3;2*1H. The fourth-order valence-electron chi connectivity index (χ4n) is 1.46. The maximum atomic E-state index is 12.1. The van der Waals surface area contributed by atoms with Crippen LogP contribution in [0.15, 0.2) is 24.5 Å². The van der Waals surface area contributed by atoms with Crippen LogP contribution in [0.4, 0.5) is 0 Å². The van der Waals surface area contributed by atoms with Gasteiger partial charge in [-0.2, -0.15) is 0 Å². The van der Waals surface area contributed by atoms with Gasteiger partial charge in [0.2, 0.25) is 5.91 Å². The summed E-state index contributed by atoms with van der Waals surface area (Å²) in [5.74, 6) is -0.0985. The minimum atomic E-state index is -0.173. The topological polar surface area (TPSA) is 59.2 Å². The van der Waals surface area contributed by atoms with Gasteiger partial charge in [-0.25, -0.2) is 0 Å². The molecular weight excluding hydrogens is 273 g/mol. The highest BCUT2D eigenvalue weighted by Crippen LogP contribution is 2.16. The van der Waals surface area contributed by atoms with Crippen molar-refractivity contribution >= 4 is 30.7 Å². The first-order valence-corrected chi connectivity index (χ1v) is 5.44. The molecule has 0 spiro atoms. The van der Waals surface area contributed by atoms with Gasteiger partial charge in [0, 0.05) is 32.0 Å². The van der Waals surface area contributed by atoms with Gasteiger partial charge in [-0.15, -0.1) is 24.8 Å². The molecule has 18 heavy (non-hydrogen) atoms. The highest BCUT2D eigenvalue weighted by molar-refractivity contribution is 5.85. The summed E-state index contributed by atoms with van der Waals surface area (Å²) < 4.78 is 0. The fourth-order valence-corrected chi connectivity index (χ4v) is 1.46. The van der Waals surface area contributed by atoms with Crippen molar-refractivity contribution in [1.29, 1.82) is 0 Å². The summed E-state index contributed by atoms with van der Waals surface area (Å²) in [6, 6.07) is 3.81. The average Bonchev–Trinajstić information content (AvgIpc) is 2.36. The van der Waals surface area contributed by atoms with Crippen LogP contribution in [0.2, 0.25) is 0 Å². The molecule has 6 heteroatoms. The molecule has 1 heterocycles. The van der Waals surface area contributed by atoms with Gasteiger partial charge in [0.25, 0.3) is 0 Å². The summed E-state index contributed by atoms with van der Waals surface area (Å²) in [6.45, 7) is 4.30. The molecule has 1 rings (SSSR count). The molecule has 1 aromatic heterocycles. The molecule has 2 unspecified atom stereocenters. The van der Waals surface area contributed by atoms with Gasteiger partial charge >= 0.3 is 0 Å². The highest BCUT2D eigenvalue weighted by Gasteiger charge is 2.21. The van der Waals surface area contributed by atoms with Crippen LogP contribution in [-0.4, -0.2) is 35.4 Å². The summed E-state index contributed by atoms with van der Waals surface area (Å²) in [7, 11) is 1.78. The lowest BCUT2D eigenvalue weighted by atomic mass is 10.0. The summed E-state index contributed by atoms with van der Waals surface area (Å²) in [5.41, 5.74) is 6.48. The van der Waals surface area contributed by atoms with Gasteiger partial charge in [0.1, 0.15) is 0 Å². The van der Waals surface area contributed by atoms with Crippen LogP contribution in [-0.2, 0) is 4.79 Å². The molecule has 0 saturated heterocycles. The predicted molar refractivity (Wildman–Crippen MR) is 78.4 cm³/mol. The Labute approximate surface area is 121 Å². The Kier molecular flexibility index (Phi) is 9.90. The first-order valence-electron chi connectivity index (χ1n) is 5.44. The van der Waals surface area contributed by atoms with Crippen molar-refractivity contribution in [3.63, 3.8) is 0 Å². The van der Waals surface area contributed by atoms with Crippen LogP contribution in [0, 0.1) is 0 Å². The second kappa shape index (κ2) is 9.14. The lowest BCUT2D eigenvalue weighted by Crippen LogP contribution is -2.41. The number of rotatable bonds is 4. The van der Waals surface area contributed by atoms with E-state index in [4.69, 9.17) is 5.73 Å². The molecule has 0 fully saturated rings. The third-order valence-corrected chi connectivity index (χ3v) is 2.90. The molecule has 2 N–H and O–H groups in total. The van der Waals surface area contributed by atoms with E-state index in [9.17, 15) is 4.79 Å². The predicted octanol–water partition coefficient (Wildman–Crippen LogP) is 1.83. The Bertz CT molecular complexity index is 348. The molecule has 1 amide bonds. The van der Waals surface area contributed by atoms with Gasteiger partial charge in [0.05, 0.1) is 5.92 Å². The minimum Gasteiger partial charge on any atom is -0.341 e. The number of hydrogen-bond donors (Lipinski definition) is 1. The molecule has 0 aromatic carbocycles. The van der Waals surface area contributed by atoms with Crippen molar-refractivity contribution in [2.75, 3.05) is 13.6 Å². The van der Waals surface area contributed by atoms with E-state index in [0.29, 0.717) is 6.54 Å². The Hall–Kier alpha value is -0.840. The zero-order valence-electron chi connectivity index (χ0n) is 10.9. The summed E-state index contributed by atoms with van der Waals surface area (Å²) >= 11 is 0. The third kappa shape index (κ3) is 4.80. The van der Waals surface area contributed by atoms with E-state index in [2.05, 4.69) is 4.98 Å². The molecule has 0 aliphatic rings. The number of pyridine rings is 1. The summed E-state index contributed by atoms with van der Waals surface area (Å²) in [6.07, 6.45) is 3.43. The fraction of sp³-hybridized carbons (Fsp3) is 0.500. The largest absolute Gasteiger partial charge is 0.341 e. The maximum Gasteiger partial charge on any atom is 0.229 e. The van der Waals surface area contributed by atoms with Crippen LogP contribution in [0.5, 0.6) is 0 Å². The molecular formula is C12H21Cl2N3O. The normalized spacial score (nSPS) is 12.7. The number of hydrogen-bond acceptors (Lipinski definition) is 3. The van der Waals surface area contributed by atoms with Crippen molar-refractivity contribution in [2.24, 2.45) is 5.73 Å². The number of carbonyl (C=O) groups is 1. The van der Waals surface area contributed by atoms with Gasteiger partial charge < -0.3 is 10.6 Å². The van der Waals surface area contributed by atoms with Crippen LogP contribution in [0.1, 0.15) is 25.3 Å². The second-order valence-corrected chi connectivity index (χ2v) is 4.04. The Morgan fingerprint density at radius 1 is 1.44 bits per heavy atom. The lowest BCUT2D eigenvalue weighted by Gasteiger charge is -2.26. The lowest BCUT2D eigenvalue weighted by molar-refractivity contribution is -0.132. The van der Waals surface area contributed by atoms with E-state index in [-0.39, 0.29) is 42.7 Å². The number of aromatic nitrogens is 1. The minimum absolute atomic E-state index is 0. The quantitative estimate of drug-likeness (QED) is 0.921. The van der Waals surface area contributed by atoms with E-state index in [1.165, 1.54) is 0 Å². The molecule has 2 atom stereocenters. The van der Waals surface area contributed by atoms with Crippen LogP contribution in [0.3, 0.4) is 0 Å². The third-order valence-electron chi connectivity index (χ3n) is 2.90. The molecule has 0 bridgehead atoms. The van der Waals surface area contributed by atoms with E-state index in [1.54, 1.807) is 24.3 Å². The van der Waals surface area contributed by atoms with Crippen molar-refractivity contribution in [1.82, 2.24) is 9.88 Å². The molecule has 4 nitrogen and oxygen atoms in total. The van der Waals surface area contributed by atoms with E-state index in [1.807, 2.05) is 26.0 Å². The van der Waals surface area contributed by atoms with Crippen molar-refractivity contribution in [3.05, 3.63) is 30.1 Å².